The minimum absolute atomic E-state index is 0.0603. The molecule has 35 heavy (non-hydrogen) atoms. The second-order valence-electron chi connectivity index (χ2n) is 9.21. The summed E-state index contributed by atoms with van der Waals surface area (Å²) in [6, 6.07) is 5.03. The number of nitrogens with zero attached hydrogens (tertiary/aromatic N) is 1. The lowest BCUT2D eigenvalue weighted by Crippen LogP contribution is -2.46. The number of carboxylic acid groups (broad SMARTS) is 1. The number of nitro groups is 1. The van der Waals surface area contributed by atoms with Gasteiger partial charge in [0.1, 0.15) is 0 Å². The Morgan fingerprint density at radius 2 is 1.91 bits per heavy atom. The van der Waals surface area contributed by atoms with Gasteiger partial charge in [0.05, 0.1) is 10.5 Å². The van der Waals surface area contributed by atoms with Gasteiger partial charge < -0.3 is 15.0 Å². The van der Waals surface area contributed by atoms with E-state index in [2.05, 4.69) is 5.32 Å². The number of dihydropyridines is 1. The zero-order valence-corrected chi connectivity index (χ0v) is 22.6. The maximum absolute atomic E-state index is 14.7. The average Bonchev–Trinajstić information content (AvgIpc) is 2.74. The maximum Gasteiger partial charge on any atom is 0.398 e. The molecule has 16 heteroatoms. The first-order chi connectivity index (χ1) is 16.1. The van der Waals surface area contributed by atoms with Crippen LogP contribution in [0.2, 0.25) is 0 Å². The molecule has 0 spiro atoms. The lowest BCUT2D eigenvalue weighted by molar-refractivity contribution is -0.384. The van der Waals surface area contributed by atoms with Crippen molar-refractivity contribution in [1.29, 1.82) is 0 Å². The van der Waals surface area contributed by atoms with Crippen LogP contribution in [-0.4, -0.2) is 28.5 Å². The summed E-state index contributed by atoms with van der Waals surface area (Å²) in [6.07, 6.45) is -1.30. The molecule has 0 aromatic heterocycles. The van der Waals surface area contributed by atoms with Gasteiger partial charge in [0.25, 0.3) is 18.7 Å². The van der Waals surface area contributed by atoms with Crippen LogP contribution < -0.4 is 5.32 Å². The van der Waals surface area contributed by atoms with Crippen LogP contribution in [0.3, 0.4) is 0 Å². The monoisotopic (exact) mass is 562 g/mol. The van der Waals surface area contributed by atoms with Gasteiger partial charge >= 0.3 is 13.3 Å². The summed E-state index contributed by atoms with van der Waals surface area (Å²) in [5.41, 5.74) is -1.37. The van der Waals surface area contributed by atoms with Gasteiger partial charge in [-0.15, -0.1) is 0 Å². The average molecular weight is 562 g/mol. The zero-order chi connectivity index (χ0) is 26.1. The fourth-order valence-corrected chi connectivity index (χ4v) is 27.8. The van der Waals surface area contributed by atoms with E-state index in [1.165, 1.54) is 32.0 Å². The van der Waals surface area contributed by atoms with Crippen molar-refractivity contribution in [3.8, 4) is 0 Å². The number of hydrogen-bond donors (Lipinski definition) is 2. The second kappa shape index (κ2) is 8.31. The Balaban J connectivity index is 2.02. The van der Waals surface area contributed by atoms with Crippen LogP contribution >= 0.6 is 28.5 Å². The van der Waals surface area contributed by atoms with Gasteiger partial charge in [-0.3, -0.25) is 32.9 Å². The third kappa shape index (κ3) is 3.66. The summed E-state index contributed by atoms with van der Waals surface area (Å²) in [7, 11) is -5.55. The van der Waals surface area contributed by atoms with Crippen molar-refractivity contribution in [2.75, 3.05) is 6.16 Å². The largest absolute Gasteiger partial charge is 0.478 e. The number of rotatable bonds is 6. The number of hydrogen-bond acceptors (Lipinski definition) is 10. The van der Waals surface area contributed by atoms with Crippen LogP contribution in [0, 0.1) is 15.5 Å². The summed E-state index contributed by atoms with van der Waals surface area (Å²) >= 11 is 0. The van der Waals surface area contributed by atoms with Gasteiger partial charge in [-0.25, -0.2) is 4.79 Å². The van der Waals surface area contributed by atoms with Crippen LogP contribution in [0.4, 0.5) is 5.69 Å². The molecule has 0 saturated carbocycles. The summed E-state index contributed by atoms with van der Waals surface area (Å²) in [6.45, 7) is -3.20. The highest BCUT2D eigenvalue weighted by molar-refractivity contribution is 8.78. The van der Waals surface area contributed by atoms with E-state index in [0.717, 1.165) is 6.07 Å². The molecular weight excluding hydrogens is 540 g/mol. The molecule has 4 aliphatic heterocycles. The number of benzene rings is 1. The van der Waals surface area contributed by atoms with Crippen molar-refractivity contribution in [3.63, 3.8) is 0 Å². The number of fused-ring (bicyclic) bond motifs is 2. The molecule has 3 saturated heterocycles. The van der Waals surface area contributed by atoms with Crippen molar-refractivity contribution in [2.24, 2.45) is 5.41 Å². The summed E-state index contributed by atoms with van der Waals surface area (Å²) in [5.74, 6) is -2.86. The van der Waals surface area contributed by atoms with Crippen LogP contribution in [0.5, 0.6) is 0 Å². The molecule has 1 aromatic carbocycles. The van der Waals surface area contributed by atoms with E-state index in [0.29, 0.717) is 0 Å². The van der Waals surface area contributed by atoms with Gasteiger partial charge in [0.15, 0.2) is 6.29 Å². The Bertz CT molecular complexity index is 1390. The number of nitro benzene ring substituents is 1. The molecule has 188 valence electrons. The van der Waals surface area contributed by atoms with E-state index in [9.17, 15) is 38.3 Å². The van der Waals surface area contributed by atoms with Crippen molar-refractivity contribution in [1.82, 2.24) is 5.32 Å². The summed E-state index contributed by atoms with van der Waals surface area (Å²) in [5, 5.41) is 23.9. The smallest absolute Gasteiger partial charge is 0.398 e. The van der Waals surface area contributed by atoms with E-state index >= 15 is 0 Å². The Hall–Kier alpha value is -1.92. The van der Waals surface area contributed by atoms with E-state index < -0.39 is 57.0 Å². The molecule has 2 N–H and O–H groups in total. The maximum atomic E-state index is 14.7. The van der Waals surface area contributed by atoms with Crippen molar-refractivity contribution < 1.29 is 42.1 Å². The first-order valence-corrected chi connectivity index (χ1v) is 18.4. The predicted octanol–water partition coefficient (Wildman–Crippen LogP) is 6.24. The van der Waals surface area contributed by atoms with E-state index in [-0.39, 0.29) is 39.7 Å². The molecule has 3 unspecified atom stereocenters. The lowest BCUT2D eigenvalue weighted by Gasteiger charge is -2.53. The fourth-order valence-electron chi connectivity index (χ4n) is 4.68. The predicted molar refractivity (Wildman–Crippen MR) is 127 cm³/mol. The molecule has 0 radical (unpaired) electrons. The Morgan fingerprint density at radius 1 is 1.29 bits per heavy atom. The van der Waals surface area contributed by atoms with Crippen LogP contribution in [-0.2, 0) is 32.1 Å². The zero-order valence-electron chi connectivity index (χ0n) is 19.0. The number of carbonyl (C=O) groups is 1. The van der Waals surface area contributed by atoms with E-state index in [4.69, 9.17) is 9.05 Å². The SMILES string of the molecule is CC1=C(C(=O)O)C(c2cccc([N+](=O)[O-])c2)C(P(=O)(P=O)P2(=O)CC(C)(C)C3OP2(=O)O3)=C(C)N1. The Morgan fingerprint density at radius 3 is 2.46 bits per heavy atom. The third-order valence-corrected chi connectivity index (χ3v) is 28.5. The van der Waals surface area contributed by atoms with Gasteiger partial charge in [-0.05, 0) is 19.4 Å². The normalized spacial score (nSPS) is 33.5. The van der Waals surface area contributed by atoms with Crippen molar-refractivity contribution in [3.05, 3.63) is 62.2 Å². The highest BCUT2D eigenvalue weighted by Crippen LogP contribution is 3.11. The number of nitrogens with one attached hydrogen (secondary N) is 1. The van der Waals surface area contributed by atoms with Crippen LogP contribution in [0.15, 0.2) is 46.5 Å². The number of allylic oxidation sites excluding steroid dienone is 3. The van der Waals surface area contributed by atoms with E-state index in [1.54, 1.807) is 13.8 Å². The number of non-ortho nitro benzene ring substituents is 1. The van der Waals surface area contributed by atoms with Gasteiger partial charge in [0, 0.05) is 46.3 Å². The highest BCUT2D eigenvalue weighted by atomic mass is 32.7. The van der Waals surface area contributed by atoms with Gasteiger partial charge in [-0.2, -0.15) is 0 Å². The fraction of sp³-hybridized carbons (Fsp3) is 0.421. The minimum Gasteiger partial charge on any atom is -0.478 e. The molecule has 0 aliphatic carbocycles. The molecular formula is C19H22N2O10P4. The third-order valence-electron chi connectivity index (χ3n) is 6.31. The quantitative estimate of drug-likeness (QED) is 0.228. The topological polar surface area (TPSA) is 179 Å². The molecule has 3 fully saturated rings. The molecule has 2 bridgehead atoms. The molecule has 4 aliphatic rings. The van der Waals surface area contributed by atoms with Crippen LogP contribution in [0.25, 0.3) is 0 Å². The molecule has 5 rings (SSSR count). The summed E-state index contributed by atoms with van der Waals surface area (Å²) < 4.78 is 65.9. The molecule has 1 aromatic rings. The van der Waals surface area contributed by atoms with Crippen LogP contribution in [0.1, 0.15) is 39.2 Å². The first kappa shape index (κ1) is 26.2. The standard InChI is InChI=1S/C19H22N2O10P4/c1-10-14(17(22)23)15(12-6-5-7-13(8-12)21(24)25)16(11(2)20-10)34(28,32-26)33(27)9-19(3,4)18-30-35(33,29)31-18/h5-8,15,18,20H,9H2,1-4H3,(H,22,23). The Kier molecular flexibility index (Phi) is 6.21. The van der Waals surface area contributed by atoms with E-state index in [1.807, 2.05) is 0 Å². The molecule has 3 atom stereocenters. The lowest BCUT2D eigenvalue weighted by atomic mass is 9.86. The first-order valence-electron chi connectivity index (χ1n) is 10.3. The van der Waals surface area contributed by atoms with Gasteiger partial charge in [-0.1, -0.05) is 26.0 Å². The molecule has 4 heterocycles. The number of carboxylic acids is 1. The van der Waals surface area contributed by atoms with Gasteiger partial charge in [0.2, 0.25) is 8.15 Å². The van der Waals surface area contributed by atoms with Crippen molar-refractivity contribution >= 4 is 40.1 Å². The molecule has 0 amide bonds. The minimum atomic E-state index is -4.74. The highest BCUT2D eigenvalue weighted by Gasteiger charge is 2.75. The molecule has 12 nitrogen and oxygen atoms in total. The number of aliphatic carboxylic acids is 1. The Labute approximate surface area is 201 Å². The summed E-state index contributed by atoms with van der Waals surface area (Å²) in [4.78, 5) is 23.1. The van der Waals surface area contributed by atoms with Crippen molar-refractivity contribution in [2.45, 2.75) is 39.9 Å². The second-order valence-corrected chi connectivity index (χ2v) is 25.1.